The lowest BCUT2D eigenvalue weighted by Crippen LogP contribution is -2.23. The van der Waals surface area contributed by atoms with E-state index in [1.165, 1.54) is 35.3 Å². The molecule has 0 aliphatic carbocycles. The van der Waals surface area contributed by atoms with E-state index in [0.717, 1.165) is 0 Å². The van der Waals surface area contributed by atoms with Gasteiger partial charge in [-0.2, -0.15) is 5.10 Å². The fourth-order valence-corrected chi connectivity index (χ4v) is 2.11. The van der Waals surface area contributed by atoms with Crippen LogP contribution >= 0.6 is 0 Å². The lowest BCUT2D eigenvalue weighted by Gasteiger charge is -2.05. The van der Waals surface area contributed by atoms with Gasteiger partial charge < -0.3 is 14.9 Å². The summed E-state index contributed by atoms with van der Waals surface area (Å²) < 4.78 is 19.1. The summed E-state index contributed by atoms with van der Waals surface area (Å²) in [5.74, 6) is -1.19. The number of hydrogen-bond donors (Lipinski definition) is 2. The Morgan fingerprint density at radius 1 is 1.43 bits per heavy atom. The lowest BCUT2D eigenvalue weighted by molar-refractivity contribution is 0.0942. The van der Waals surface area contributed by atoms with E-state index in [9.17, 15) is 14.3 Å². The van der Waals surface area contributed by atoms with E-state index in [4.69, 9.17) is 0 Å². The number of aromatic hydroxyl groups is 1. The maximum Gasteiger partial charge on any atom is 0.275 e. The summed E-state index contributed by atoms with van der Waals surface area (Å²) in [7, 11) is 0. The van der Waals surface area contributed by atoms with E-state index in [1.54, 1.807) is 13.0 Å². The molecule has 1 aromatic carbocycles. The van der Waals surface area contributed by atoms with E-state index in [0.29, 0.717) is 16.9 Å². The van der Waals surface area contributed by atoms with Gasteiger partial charge in [-0.25, -0.2) is 9.07 Å². The van der Waals surface area contributed by atoms with Crippen LogP contribution in [0.4, 0.5) is 4.39 Å². The van der Waals surface area contributed by atoms with Gasteiger partial charge in [-0.1, -0.05) is 5.16 Å². The average molecular weight is 316 g/mol. The van der Waals surface area contributed by atoms with Crippen LogP contribution in [0.3, 0.4) is 0 Å². The summed E-state index contributed by atoms with van der Waals surface area (Å²) in [5, 5.41) is 20.2. The molecule has 0 fully saturated rings. The topological polar surface area (TPSA) is 93.2 Å². The van der Waals surface area contributed by atoms with Crippen molar-refractivity contribution in [3.8, 4) is 11.4 Å². The summed E-state index contributed by atoms with van der Waals surface area (Å²) in [6, 6.07) is 5.76. The summed E-state index contributed by atoms with van der Waals surface area (Å²) in [5.41, 5.74) is 1.61. The minimum atomic E-state index is -0.552. The van der Waals surface area contributed by atoms with Crippen LogP contribution in [0.25, 0.3) is 5.69 Å². The third-order valence-electron chi connectivity index (χ3n) is 3.24. The molecule has 0 spiro atoms. The molecular formula is C15H13FN4O3. The average Bonchev–Trinajstić information content (AvgIpc) is 3.14. The molecule has 2 N–H and O–H groups in total. The van der Waals surface area contributed by atoms with Crippen molar-refractivity contribution in [3.63, 3.8) is 0 Å². The fraction of sp³-hybridized carbons (Fsp3) is 0.133. The highest BCUT2D eigenvalue weighted by atomic mass is 19.1. The molecule has 0 aliphatic rings. The predicted molar refractivity (Wildman–Crippen MR) is 77.6 cm³/mol. The van der Waals surface area contributed by atoms with Crippen LogP contribution in [0.2, 0.25) is 0 Å². The number of rotatable bonds is 4. The minimum Gasteiger partial charge on any atom is -0.504 e. The van der Waals surface area contributed by atoms with Crippen molar-refractivity contribution in [3.05, 3.63) is 59.5 Å². The third-order valence-corrected chi connectivity index (χ3v) is 3.24. The quantitative estimate of drug-likeness (QED) is 0.767. The smallest absolute Gasteiger partial charge is 0.275 e. The Kier molecular flexibility index (Phi) is 3.80. The highest BCUT2D eigenvalue weighted by Crippen LogP contribution is 2.21. The number of benzene rings is 1. The fourth-order valence-electron chi connectivity index (χ4n) is 2.11. The molecule has 23 heavy (non-hydrogen) atoms. The van der Waals surface area contributed by atoms with Crippen LogP contribution < -0.4 is 5.32 Å². The number of hydrogen-bond acceptors (Lipinski definition) is 5. The maximum absolute atomic E-state index is 13.2. The zero-order chi connectivity index (χ0) is 16.4. The number of aromatic nitrogens is 3. The Labute approximate surface area is 130 Å². The summed E-state index contributed by atoms with van der Waals surface area (Å²) in [6.45, 7) is 1.86. The van der Waals surface area contributed by atoms with E-state index in [2.05, 4.69) is 20.1 Å². The zero-order valence-corrected chi connectivity index (χ0v) is 12.2. The van der Waals surface area contributed by atoms with Gasteiger partial charge in [0.05, 0.1) is 18.4 Å². The van der Waals surface area contributed by atoms with E-state index in [1.807, 2.05) is 0 Å². The van der Waals surface area contributed by atoms with E-state index >= 15 is 0 Å². The van der Waals surface area contributed by atoms with Gasteiger partial charge in [-0.15, -0.1) is 0 Å². The molecule has 3 aromatic rings. The first-order valence-electron chi connectivity index (χ1n) is 6.77. The number of halogens is 1. The lowest BCUT2D eigenvalue weighted by atomic mass is 10.2. The van der Waals surface area contributed by atoms with Crippen molar-refractivity contribution in [1.29, 1.82) is 0 Å². The largest absolute Gasteiger partial charge is 0.504 e. The molecule has 3 rings (SSSR count). The van der Waals surface area contributed by atoms with Crippen LogP contribution in [-0.2, 0) is 6.54 Å². The minimum absolute atomic E-state index is 0.128. The summed E-state index contributed by atoms with van der Waals surface area (Å²) >= 11 is 0. The number of carbonyl (C=O) groups excluding carboxylic acids is 1. The standard InChI is InChI=1S/C15H13FN4O3/c1-9-6-10(16)2-3-12(9)20-8-13(21)14(18-20)15(22)17-7-11-4-5-23-19-11/h2-6,8,21H,7H2,1H3,(H,17,22). The van der Waals surface area contributed by atoms with E-state index < -0.39 is 5.91 Å². The maximum atomic E-state index is 13.2. The number of amides is 1. The molecule has 2 aromatic heterocycles. The molecule has 0 unspecified atom stereocenters. The Bertz CT molecular complexity index is 843. The normalized spacial score (nSPS) is 10.7. The molecule has 8 heteroatoms. The van der Waals surface area contributed by atoms with Gasteiger partial charge >= 0.3 is 0 Å². The molecule has 1 amide bonds. The van der Waals surface area contributed by atoms with Crippen LogP contribution in [0.1, 0.15) is 21.7 Å². The summed E-state index contributed by atoms with van der Waals surface area (Å²) in [4.78, 5) is 12.1. The second-order valence-corrected chi connectivity index (χ2v) is 4.91. The molecule has 2 heterocycles. The van der Waals surface area contributed by atoms with Gasteiger partial charge in [0, 0.05) is 6.07 Å². The number of aryl methyl sites for hydroxylation is 1. The van der Waals surface area contributed by atoms with Crippen molar-refractivity contribution >= 4 is 5.91 Å². The first kappa shape index (κ1) is 14.8. The monoisotopic (exact) mass is 316 g/mol. The highest BCUT2D eigenvalue weighted by Gasteiger charge is 2.18. The molecule has 0 bridgehead atoms. The van der Waals surface area contributed by atoms with Crippen molar-refractivity contribution < 1.29 is 18.8 Å². The molecule has 0 radical (unpaired) electrons. The Hall–Kier alpha value is -3.16. The summed E-state index contributed by atoms with van der Waals surface area (Å²) in [6.07, 6.45) is 2.69. The first-order valence-corrected chi connectivity index (χ1v) is 6.77. The van der Waals surface area contributed by atoms with Gasteiger partial charge in [0.1, 0.15) is 17.8 Å². The molecule has 118 valence electrons. The molecule has 0 saturated heterocycles. The third kappa shape index (κ3) is 3.05. The van der Waals surface area contributed by atoms with Crippen LogP contribution in [0.15, 0.2) is 41.2 Å². The van der Waals surface area contributed by atoms with Crippen molar-refractivity contribution in [2.45, 2.75) is 13.5 Å². The number of nitrogens with one attached hydrogen (secondary N) is 1. The van der Waals surface area contributed by atoms with Gasteiger partial charge in [0.2, 0.25) is 0 Å². The van der Waals surface area contributed by atoms with Crippen molar-refractivity contribution in [2.75, 3.05) is 0 Å². The van der Waals surface area contributed by atoms with Gasteiger partial charge in [-0.3, -0.25) is 4.79 Å². The van der Waals surface area contributed by atoms with Crippen LogP contribution in [0, 0.1) is 12.7 Å². The molecule has 0 aliphatic heterocycles. The van der Waals surface area contributed by atoms with Crippen LogP contribution in [-0.4, -0.2) is 26.0 Å². The SMILES string of the molecule is Cc1cc(F)ccc1-n1cc(O)c(C(=O)NCc2ccon2)n1. The predicted octanol–water partition coefficient (Wildman–Crippen LogP) is 1.94. The van der Waals surface area contributed by atoms with E-state index in [-0.39, 0.29) is 23.8 Å². The number of carbonyl (C=O) groups is 1. The molecule has 0 atom stereocenters. The first-order chi connectivity index (χ1) is 11.0. The second-order valence-electron chi connectivity index (χ2n) is 4.91. The Balaban J connectivity index is 1.81. The molecule has 0 saturated carbocycles. The van der Waals surface area contributed by atoms with Gasteiger partial charge in [0.25, 0.3) is 5.91 Å². The van der Waals surface area contributed by atoms with Gasteiger partial charge in [-0.05, 0) is 30.7 Å². The second kappa shape index (κ2) is 5.91. The Morgan fingerprint density at radius 2 is 2.26 bits per heavy atom. The van der Waals surface area contributed by atoms with Crippen molar-refractivity contribution in [1.82, 2.24) is 20.3 Å². The highest BCUT2D eigenvalue weighted by molar-refractivity contribution is 5.94. The molecule has 7 nitrogen and oxygen atoms in total. The van der Waals surface area contributed by atoms with Gasteiger partial charge in [0.15, 0.2) is 11.4 Å². The molecular weight excluding hydrogens is 303 g/mol. The van der Waals surface area contributed by atoms with Crippen LogP contribution in [0.5, 0.6) is 5.75 Å². The zero-order valence-electron chi connectivity index (χ0n) is 12.2. The number of nitrogens with zero attached hydrogens (tertiary/aromatic N) is 3. The Morgan fingerprint density at radius 3 is 2.96 bits per heavy atom. The van der Waals surface area contributed by atoms with Crippen molar-refractivity contribution in [2.24, 2.45) is 0 Å².